The fourth-order valence-corrected chi connectivity index (χ4v) is 4.65. The highest BCUT2D eigenvalue weighted by atomic mass is 16.3. The van der Waals surface area contributed by atoms with Gasteiger partial charge < -0.3 is 15.0 Å². The van der Waals surface area contributed by atoms with E-state index in [0.717, 1.165) is 17.7 Å². The molecule has 5 nitrogen and oxygen atoms in total. The van der Waals surface area contributed by atoms with E-state index in [0.29, 0.717) is 17.0 Å². The highest BCUT2D eigenvalue weighted by Crippen LogP contribution is 2.48. The third-order valence-electron chi connectivity index (χ3n) is 5.81. The van der Waals surface area contributed by atoms with Crippen molar-refractivity contribution < 1.29 is 9.90 Å². The molecule has 1 heterocycles. The minimum atomic E-state index is -0.587. The van der Waals surface area contributed by atoms with Gasteiger partial charge in [0.15, 0.2) is 0 Å². The molecule has 4 rings (SSSR count). The summed E-state index contributed by atoms with van der Waals surface area (Å²) < 4.78 is 1.51. The van der Waals surface area contributed by atoms with E-state index in [2.05, 4.69) is 5.32 Å². The van der Waals surface area contributed by atoms with E-state index in [1.165, 1.54) is 23.8 Å². The lowest BCUT2D eigenvalue weighted by molar-refractivity contribution is -0.121. The molecule has 2 aliphatic carbocycles. The van der Waals surface area contributed by atoms with E-state index in [9.17, 15) is 14.7 Å². The van der Waals surface area contributed by atoms with Gasteiger partial charge >= 0.3 is 0 Å². The topological polar surface area (TPSA) is 71.3 Å². The molecule has 1 amide bonds. The lowest BCUT2D eigenvalue weighted by Gasteiger charge is -2.21. The Kier molecular flexibility index (Phi) is 4.12. The number of benzene rings is 1. The van der Waals surface area contributed by atoms with E-state index >= 15 is 0 Å². The number of fused-ring (bicyclic) bond motifs is 3. The molecule has 4 atom stereocenters. The van der Waals surface area contributed by atoms with Gasteiger partial charge in [0, 0.05) is 28.6 Å². The first-order chi connectivity index (χ1) is 12.0. The summed E-state index contributed by atoms with van der Waals surface area (Å²) in [5.41, 5.74) is 0.556. The van der Waals surface area contributed by atoms with Crippen molar-refractivity contribution in [3.63, 3.8) is 0 Å². The Hall–Kier alpha value is -2.14. The van der Waals surface area contributed by atoms with Crippen LogP contribution in [0.5, 0.6) is 0 Å². The van der Waals surface area contributed by atoms with Crippen molar-refractivity contribution in [1.29, 1.82) is 0 Å². The Morgan fingerprint density at radius 2 is 2.12 bits per heavy atom. The number of carbonyl (C=O) groups is 1. The third kappa shape index (κ3) is 2.97. The maximum atomic E-state index is 12.7. The molecule has 1 aromatic heterocycles. The Bertz CT molecular complexity index is 871. The second-order valence-corrected chi connectivity index (χ2v) is 7.66. The molecule has 0 radical (unpaired) electrons. The van der Waals surface area contributed by atoms with Gasteiger partial charge in [-0.3, -0.25) is 9.59 Å². The van der Waals surface area contributed by atoms with Crippen molar-refractivity contribution >= 4 is 22.4 Å². The van der Waals surface area contributed by atoms with Gasteiger partial charge in [0.1, 0.15) is 0 Å². The predicted octanol–water partition coefficient (Wildman–Crippen LogP) is 2.76. The van der Waals surface area contributed by atoms with E-state index < -0.39 is 6.10 Å². The van der Waals surface area contributed by atoms with Crippen LogP contribution < -0.4 is 10.9 Å². The summed E-state index contributed by atoms with van der Waals surface area (Å²) in [4.78, 5) is 25.3. The number of aliphatic hydroxyl groups is 1. The average Bonchev–Trinajstić information content (AvgIpc) is 3.21. The van der Waals surface area contributed by atoms with Gasteiger partial charge in [-0.25, -0.2) is 0 Å². The third-order valence-corrected chi connectivity index (χ3v) is 5.81. The van der Waals surface area contributed by atoms with Crippen LogP contribution in [0.25, 0.3) is 10.8 Å². The summed E-state index contributed by atoms with van der Waals surface area (Å²) >= 11 is 0. The maximum absolute atomic E-state index is 12.7. The number of anilines is 1. The van der Waals surface area contributed by atoms with Gasteiger partial charge in [0.2, 0.25) is 5.91 Å². The zero-order chi connectivity index (χ0) is 17.6. The zero-order valence-electron chi connectivity index (χ0n) is 14.4. The van der Waals surface area contributed by atoms with Crippen molar-refractivity contribution in [1.82, 2.24) is 4.57 Å². The number of nitrogens with zero attached hydrogens (tertiary/aromatic N) is 1. The van der Waals surface area contributed by atoms with Gasteiger partial charge in [-0.1, -0.05) is 12.5 Å². The summed E-state index contributed by atoms with van der Waals surface area (Å²) in [6, 6.07) is 7.26. The second kappa shape index (κ2) is 6.30. The smallest absolute Gasteiger partial charge is 0.258 e. The molecule has 0 spiro atoms. The first-order valence-electron chi connectivity index (χ1n) is 9.14. The molecule has 1 aromatic carbocycles. The number of carbonyl (C=O) groups excluding carboxylic acids is 1. The van der Waals surface area contributed by atoms with Crippen molar-refractivity contribution in [3.05, 3.63) is 40.8 Å². The molecule has 0 saturated heterocycles. The van der Waals surface area contributed by atoms with Crippen LogP contribution in [0.3, 0.4) is 0 Å². The van der Waals surface area contributed by atoms with Crippen molar-refractivity contribution in [2.45, 2.75) is 45.3 Å². The first kappa shape index (κ1) is 16.3. The quantitative estimate of drug-likeness (QED) is 0.899. The molecule has 2 N–H and O–H groups in total. The minimum Gasteiger partial charge on any atom is -0.392 e. The number of aromatic nitrogens is 1. The number of amides is 1. The fourth-order valence-electron chi connectivity index (χ4n) is 4.65. The number of hydrogen-bond donors (Lipinski definition) is 2. The standard InChI is InChI=1S/C20H24N2O3/c1-12(23)11-22-8-7-15-16(20(22)25)3-2-4-18(15)21-19(24)17-10-13-5-6-14(17)9-13/h2-4,7-8,12-14,17,23H,5-6,9-11H2,1H3,(H,21,24)/t12?,13-,14-,17?/m1/s1. The monoisotopic (exact) mass is 340 g/mol. The largest absolute Gasteiger partial charge is 0.392 e. The summed E-state index contributed by atoms with van der Waals surface area (Å²) in [6.07, 6.45) is 5.73. The van der Waals surface area contributed by atoms with Crippen LogP contribution in [0.1, 0.15) is 32.6 Å². The van der Waals surface area contributed by atoms with E-state index in [4.69, 9.17) is 0 Å². The van der Waals surface area contributed by atoms with Crippen LogP contribution in [0.2, 0.25) is 0 Å². The number of aliphatic hydroxyl groups excluding tert-OH is 1. The molecule has 5 heteroatoms. The summed E-state index contributed by atoms with van der Waals surface area (Å²) in [5.74, 6) is 1.46. The van der Waals surface area contributed by atoms with Crippen LogP contribution in [0.15, 0.2) is 35.3 Å². The van der Waals surface area contributed by atoms with Gasteiger partial charge in [-0.05, 0) is 56.2 Å². The molecular weight excluding hydrogens is 316 g/mol. The molecule has 2 aliphatic rings. The Labute approximate surface area is 146 Å². The fraction of sp³-hybridized carbons (Fsp3) is 0.500. The van der Waals surface area contributed by atoms with Crippen LogP contribution in [0.4, 0.5) is 5.69 Å². The van der Waals surface area contributed by atoms with E-state index in [-0.39, 0.29) is 23.9 Å². The average molecular weight is 340 g/mol. The van der Waals surface area contributed by atoms with E-state index in [1.807, 2.05) is 12.1 Å². The summed E-state index contributed by atoms with van der Waals surface area (Å²) in [6.45, 7) is 1.92. The lowest BCUT2D eigenvalue weighted by Crippen LogP contribution is -2.28. The predicted molar refractivity (Wildman–Crippen MR) is 97.5 cm³/mol. The van der Waals surface area contributed by atoms with Gasteiger partial charge in [0.05, 0.1) is 12.6 Å². The molecule has 25 heavy (non-hydrogen) atoms. The summed E-state index contributed by atoms with van der Waals surface area (Å²) in [5, 5.41) is 13.9. The zero-order valence-corrected chi connectivity index (χ0v) is 14.4. The molecule has 2 fully saturated rings. The first-order valence-corrected chi connectivity index (χ1v) is 9.14. The van der Waals surface area contributed by atoms with Crippen molar-refractivity contribution in [2.24, 2.45) is 17.8 Å². The lowest BCUT2D eigenvalue weighted by atomic mass is 9.88. The Morgan fingerprint density at radius 3 is 2.80 bits per heavy atom. The number of pyridine rings is 1. The molecule has 2 saturated carbocycles. The molecule has 132 valence electrons. The molecule has 2 bridgehead atoms. The Balaban J connectivity index is 1.63. The Morgan fingerprint density at radius 1 is 1.28 bits per heavy atom. The number of hydrogen-bond acceptors (Lipinski definition) is 3. The highest BCUT2D eigenvalue weighted by molar-refractivity contribution is 6.02. The van der Waals surface area contributed by atoms with E-state index in [1.54, 1.807) is 25.3 Å². The molecule has 0 aliphatic heterocycles. The molecule has 2 unspecified atom stereocenters. The maximum Gasteiger partial charge on any atom is 0.258 e. The van der Waals surface area contributed by atoms with Crippen LogP contribution >= 0.6 is 0 Å². The SMILES string of the molecule is CC(O)Cn1ccc2c(NC(=O)C3C[C@@H]4CC[C@@H]3C4)cccc2c1=O. The normalized spacial score (nSPS) is 26.1. The highest BCUT2D eigenvalue weighted by Gasteiger charge is 2.43. The number of rotatable bonds is 4. The van der Waals surface area contributed by atoms with Crippen molar-refractivity contribution in [3.8, 4) is 0 Å². The minimum absolute atomic E-state index is 0.0906. The molecular formula is C20H24N2O3. The molecule has 2 aromatic rings. The van der Waals surface area contributed by atoms with Gasteiger partial charge in [0.25, 0.3) is 5.56 Å². The van der Waals surface area contributed by atoms with Crippen LogP contribution in [-0.2, 0) is 11.3 Å². The summed E-state index contributed by atoms with van der Waals surface area (Å²) in [7, 11) is 0. The van der Waals surface area contributed by atoms with Gasteiger partial charge in [-0.2, -0.15) is 0 Å². The second-order valence-electron chi connectivity index (χ2n) is 7.66. The van der Waals surface area contributed by atoms with Crippen LogP contribution in [-0.4, -0.2) is 21.7 Å². The number of nitrogens with one attached hydrogen (secondary N) is 1. The van der Waals surface area contributed by atoms with Crippen molar-refractivity contribution in [2.75, 3.05) is 5.32 Å². The van der Waals surface area contributed by atoms with Gasteiger partial charge in [-0.15, -0.1) is 0 Å². The van der Waals surface area contributed by atoms with Crippen LogP contribution in [0, 0.1) is 17.8 Å².